The van der Waals surface area contributed by atoms with Crippen molar-refractivity contribution in [2.75, 3.05) is 19.4 Å². The van der Waals surface area contributed by atoms with Crippen molar-refractivity contribution in [1.29, 1.82) is 0 Å². The number of rotatable bonds is 5. The average molecular weight is 259 g/mol. The summed E-state index contributed by atoms with van der Waals surface area (Å²) < 4.78 is 0. The van der Waals surface area contributed by atoms with Crippen molar-refractivity contribution in [1.82, 2.24) is 4.90 Å². The lowest BCUT2D eigenvalue weighted by Gasteiger charge is -2.33. The monoisotopic (exact) mass is 259 g/mol. The van der Waals surface area contributed by atoms with Crippen LogP contribution < -0.4 is 0 Å². The Balaban J connectivity index is 2.31. The van der Waals surface area contributed by atoms with Gasteiger partial charge in [-0.3, -0.25) is 4.79 Å². The average Bonchev–Trinajstić information content (AvgIpc) is 2.35. The summed E-state index contributed by atoms with van der Waals surface area (Å²) in [5, 5.41) is 9.07. The van der Waals surface area contributed by atoms with E-state index in [2.05, 4.69) is 6.92 Å². The first kappa shape index (κ1) is 14.8. The Morgan fingerprint density at radius 1 is 1.41 bits per heavy atom. The molecule has 0 saturated heterocycles. The maximum atomic E-state index is 12.0. The smallest absolute Gasteiger partial charge is 0.232 e. The lowest BCUT2D eigenvalue weighted by molar-refractivity contribution is -0.129. The molecule has 3 nitrogen and oxygen atoms in total. The molecule has 0 aromatic heterocycles. The SMILES string of the molecule is CC1CCC(N(C)C(=O)CSC(C)CO)CC1. The molecule has 1 saturated carbocycles. The number of nitrogens with zero attached hydrogens (tertiary/aromatic N) is 1. The van der Waals surface area contributed by atoms with Gasteiger partial charge in [-0.2, -0.15) is 0 Å². The minimum Gasteiger partial charge on any atom is -0.395 e. The maximum absolute atomic E-state index is 12.0. The molecule has 0 aliphatic heterocycles. The van der Waals surface area contributed by atoms with Gasteiger partial charge in [0.25, 0.3) is 0 Å². The molecule has 1 aliphatic carbocycles. The molecule has 17 heavy (non-hydrogen) atoms. The summed E-state index contributed by atoms with van der Waals surface area (Å²) in [4.78, 5) is 13.9. The van der Waals surface area contributed by atoms with E-state index in [-0.39, 0.29) is 17.8 Å². The van der Waals surface area contributed by atoms with E-state index >= 15 is 0 Å². The van der Waals surface area contributed by atoms with Crippen molar-refractivity contribution in [3.8, 4) is 0 Å². The molecule has 0 radical (unpaired) electrons. The van der Waals surface area contributed by atoms with Gasteiger partial charge in [-0.1, -0.05) is 13.8 Å². The second kappa shape index (κ2) is 7.27. The largest absolute Gasteiger partial charge is 0.395 e. The molecular formula is C13H25NO2S. The zero-order valence-electron chi connectivity index (χ0n) is 11.2. The summed E-state index contributed by atoms with van der Waals surface area (Å²) in [7, 11) is 1.92. The number of thioether (sulfide) groups is 1. The Bertz CT molecular complexity index is 240. The second-order valence-corrected chi connectivity index (χ2v) is 6.65. The molecular weight excluding hydrogens is 234 g/mol. The first-order valence-electron chi connectivity index (χ1n) is 6.52. The fourth-order valence-corrected chi connectivity index (χ4v) is 2.94. The third kappa shape index (κ3) is 4.88. The van der Waals surface area contributed by atoms with E-state index in [4.69, 9.17) is 5.11 Å². The number of amides is 1. The van der Waals surface area contributed by atoms with E-state index in [1.54, 1.807) is 0 Å². The van der Waals surface area contributed by atoms with Crippen molar-refractivity contribution in [2.24, 2.45) is 5.92 Å². The number of hydrogen-bond donors (Lipinski definition) is 1. The summed E-state index contributed by atoms with van der Waals surface area (Å²) in [5.41, 5.74) is 0. The molecule has 0 aromatic rings. The van der Waals surface area contributed by atoms with Crippen LogP contribution in [0.25, 0.3) is 0 Å². The van der Waals surface area contributed by atoms with Crippen LogP contribution in [0.1, 0.15) is 39.5 Å². The van der Waals surface area contributed by atoms with Gasteiger partial charge >= 0.3 is 0 Å². The maximum Gasteiger partial charge on any atom is 0.232 e. The van der Waals surface area contributed by atoms with E-state index in [1.807, 2.05) is 18.9 Å². The number of aliphatic hydroxyl groups excluding tert-OH is 1. The van der Waals surface area contributed by atoms with E-state index in [9.17, 15) is 4.79 Å². The quantitative estimate of drug-likeness (QED) is 0.822. The van der Waals surface area contributed by atoms with Crippen LogP contribution in [0.15, 0.2) is 0 Å². The lowest BCUT2D eigenvalue weighted by Crippen LogP contribution is -2.40. The summed E-state index contributed by atoms with van der Waals surface area (Å²) >= 11 is 1.54. The first-order valence-corrected chi connectivity index (χ1v) is 7.57. The first-order chi connectivity index (χ1) is 8.04. The van der Waals surface area contributed by atoms with Crippen molar-refractivity contribution < 1.29 is 9.90 Å². The van der Waals surface area contributed by atoms with Gasteiger partial charge in [0.15, 0.2) is 0 Å². The molecule has 0 spiro atoms. The van der Waals surface area contributed by atoms with Gasteiger partial charge in [-0.05, 0) is 31.6 Å². The van der Waals surface area contributed by atoms with Crippen LogP contribution in [0, 0.1) is 5.92 Å². The molecule has 100 valence electrons. The number of aliphatic hydroxyl groups is 1. The predicted octanol–water partition coefficient (Wildman–Crippen LogP) is 2.14. The highest BCUT2D eigenvalue weighted by atomic mass is 32.2. The Morgan fingerprint density at radius 2 is 2.00 bits per heavy atom. The van der Waals surface area contributed by atoms with Crippen LogP contribution in [0.5, 0.6) is 0 Å². The molecule has 1 unspecified atom stereocenters. The summed E-state index contributed by atoms with van der Waals surface area (Å²) in [6, 6.07) is 0.434. The predicted molar refractivity (Wildman–Crippen MR) is 73.2 cm³/mol. The van der Waals surface area contributed by atoms with Crippen LogP contribution in [-0.4, -0.2) is 46.6 Å². The van der Waals surface area contributed by atoms with Gasteiger partial charge in [-0.25, -0.2) is 0 Å². The number of carbonyl (C=O) groups excluding carboxylic acids is 1. The van der Waals surface area contributed by atoms with Gasteiger partial charge in [0.1, 0.15) is 0 Å². The minimum atomic E-state index is 0.141. The molecule has 1 aliphatic rings. The number of carbonyl (C=O) groups is 1. The molecule has 0 aromatic carbocycles. The molecule has 1 amide bonds. The van der Waals surface area contributed by atoms with Gasteiger partial charge in [0.2, 0.25) is 5.91 Å². The highest BCUT2D eigenvalue weighted by molar-refractivity contribution is 8.00. The van der Waals surface area contributed by atoms with E-state index in [0.717, 1.165) is 18.8 Å². The standard InChI is InChI=1S/C13H25NO2S/c1-10-4-6-12(7-5-10)14(3)13(16)9-17-11(2)8-15/h10-12,15H,4-9H2,1-3H3. The fraction of sp³-hybridized carbons (Fsp3) is 0.923. The molecule has 4 heteroatoms. The van der Waals surface area contributed by atoms with E-state index < -0.39 is 0 Å². The van der Waals surface area contributed by atoms with Crippen LogP contribution in [0.2, 0.25) is 0 Å². The van der Waals surface area contributed by atoms with Crippen LogP contribution in [0.4, 0.5) is 0 Å². The zero-order valence-corrected chi connectivity index (χ0v) is 12.0. The Hall–Kier alpha value is -0.220. The van der Waals surface area contributed by atoms with Crippen LogP contribution >= 0.6 is 11.8 Å². The van der Waals surface area contributed by atoms with Crippen molar-refractivity contribution in [3.63, 3.8) is 0 Å². The number of hydrogen-bond acceptors (Lipinski definition) is 3. The highest BCUT2D eigenvalue weighted by Crippen LogP contribution is 2.26. The van der Waals surface area contributed by atoms with Crippen molar-refractivity contribution >= 4 is 17.7 Å². The summed E-state index contributed by atoms with van der Waals surface area (Å²) in [5.74, 6) is 1.51. The molecule has 1 N–H and O–H groups in total. The summed E-state index contributed by atoms with van der Waals surface area (Å²) in [6.45, 7) is 4.37. The third-order valence-corrected chi connectivity index (χ3v) is 4.81. The fourth-order valence-electron chi connectivity index (χ4n) is 2.20. The molecule has 0 bridgehead atoms. The second-order valence-electron chi connectivity index (χ2n) is 5.22. The Morgan fingerprint density at radius 3 is 2.53 bits per heavy atom. The molecule has 1 atom stereocenters. The molecule has 0 heterocycles. The van der Waals surface area contributed by atoms with Crippen LogP contribution in [-0.2, 0) is 4.79 Å². The van der Waals surface area contributed by atoms with E-state index in [0.29, 0.717) is 11.8 Å². The van der Waals surface area contributed by atoms with Gasteiger partial charge in [0.05, 0.1) is 12.4 Å². The van der Waals surface area contributed by atoms with Crippen molar-refractivity contribution in [3.05, 3.63) is 0 Å². The molecule has 1 fully saturated rings. The minimum absolute atomic E-state index is 0.141. The van der Waals surface area contributed by atoms with Crippen LogP contribution in [0.3, 0.4) is 0 Å². The van der Waals surface area contributed by atoms with Crippen molar-refractivity contribution in [2.45, 2.75) is 50.8 Å². The zero-order chi connectivity index (χ0) is 12.8. The molecule has 1 rings (SSSR count). The van der Waals surface area contributed by atoms with Gasteiger partial charge in [0, 0.05) is 18.3 Å². The van der Waals surface area contributed by atoms with Gasteiger partial charge < -0.3 is 10.0 Å². The third-order valence-electron chi connectivity index (χ3n) is 3.67. The lowest BCUT2D eigenvalue weighted by atomic mass is 9.87. The highest BCUT2D eigenvalue weighted by Gasteiger charge is 2.24. The topological polar surface area (TPSA) is 40.5 Å². The van der Waals surface area contributed by atoms with Gasteiger partial charge in [-0.15, -0.1) is 11.8 Å². The Kier molecular flexibility index (Phi) is 6.34. The summed E-state index contributed by atoms with van der Waals surface area (Å²) in [6.07, 6.45) is 4.76. The van der Waals surface area contributed by atoms with E-state index in [1.165, 1.54) is 24.6 Å². The normalized spacial score (nSPS) is 26.6. The Labute approximate surface area is 109 Å².